The molecule has 0 aromatic carbocycles. The SMILES string of the molecule is CC(C)C(C)(C)CNc1nccnc1Cl. The van der Waals surface area contributed by atoms with E-state index in [-0.39, 0.29) is 5.41 Å². The van der Waals surface area contributed by atoms with Crippen LogP contribution in [0.1, 0.15) is 27.7 Å². The molecule has 15 heavy (non-hydrogen) atoms. The zero-order chi connectivity index (χ0) is 11.5. The number of nitrogens with zero attached hydrogens (tertiary/aromatic N) is 2. The van der Waals surface area contributed by atoms with Gasteiger partial charge in [0.05, 0.1) is 0 Å². The predicted octanol–water partition coefficient (Wildman–Crippen LogP) is 3.22. The Kier molecular flexibility index (Phi) is 3.91. The summed E-state index contributed by atoms with van der Waals surface area (Å²) < 4.78 is 0. The standard InChI is InChI=1S/C11H18ClN3/c1-8(2)11(3,4)7-15-10-9(12)13-5-6-14-10/h5-6,8H,7H2,1-4H3,(H,14,15). The van der Waals surface area contributed by atoms with Crippen LogP contribution in [0, 0.1) is 11.3 Å². The molecule has 0 atom stereocenters. The number of halogens is 1. The smallest absolute Gasteiger partial charge is 0.171 e. The van der Waals surface area contributed by atoms with Gasteiger partial charge in [-0.15, -0.1) is 0 Å². The van der Waals surface area contributed by atoms with Gasteiger partial charge < -0.3 is 5.32 Å². The maximum atomic E-state index is 5.90. The second-order valence-electron chi connectivity index (χ2n) is 4.69. The van der Waals surface area contributed by atoms with Crippen LogP contribution in [0.3, 0.4) is 0 Å². The number of nitrogens with one attached hydrogen (secondary N) is 1. The lowest BCUT2D eigenvalue weighted by atomic mass is 9.81. The van der Waals surface area contributed by atoms with Crippen molar-refractivity contribution >= 4 is 17.4 Å². The lowest BCUT2D eigenvalue weighted by Crippen LogP contribution is -2.28. The van der Waals surface area contributed by atoms with Crippen molar-refractivity contribution < 1.29 is 0 Å². The van der Waals surface area contributed by atoms with Crippen LogP contribution in [-0.4, -0.2) is 16.5 Å². The van der Waals surface area contributed by atoms with Crippen molar-refractivity contribution in [1.29, 1.82) is 0 Å². The van der Waals surface area contributed by atoms with Crippen molar-refractivity contribution in [3.05, 3.63) is 17.5 Å². The fourth-order valence-corrected chi connectivity index (χ4v) is 1.13. The Morgan fingerprint density at radius 2 is 1.93 bits per heavy atom. The third kappa shape index (κ3) is 3.34. The van der Waals surface area contributed by atoms with Crippen LogP contribution in [0.2, 0.25) is 5.15 Å². The second kappa shape index (κ2) is 4.79. The Labute approximate surface area is 96.3 Å². The molecule has 0 unspecified atom stereocenters. The largest absolute Gasteiger partial charge is 0.367 e. The molecule has 0 spiro atoms. The van der Waals surface area contributed by atoms with Gasteiger partial charge in [0.15, 0.2) is 11.0 Å². The van der Waals surface area contributed by atoms with Crippen LogP contribution in [0.4, 0.5) is 5.82 Å². The molecular weight excluding hydrogens is 210 g/mol. The molecule has 0 aliphatic heterocycles. The van der Waals surface area contributed by atoms with E-state index in [1.54, 1.807) is 12.4 Å². The van der Waals surface area contributed by atoms with Crippen molar-refractivity contribution in [1.82, 2.24) is 9.97 Å². The highest BCUT2D eigenvalue weighted by molar-refractivity contribution is 6.31. The zero-order valence-electron chi connectivity index (χ0n) is 9.71. The lowest BCUT2D eigenvalue weighted by Gasteiger charge is -2.29. The number of rotatable bonds is 4. The van der Waals surface area contributed by atoms with Gasteiger partial charge in [0.1, 0.15) is 0 Å². The summed E-state index contributed by atoms with van der Waals surface area (Å²) in [6.45, 7) is 9.69. The van der Waals surface area contributed by atoms with E-state index in [4.69, 9.17) is 11.6 Å². The maximum Gasteiger partial charge on any atom is 0.171 e. The average Bonchev–Trinajstić information content (AvgIpc) is 2.16. The van der Waals surface area contributed by atoms with Gasteiger partial charge in [0.2, 0.25) is 0 Å². The first-order valence-electron chi connectivity index (χ1n) is 5.14. The summed E-state index contributed by atoms with van der Waals surface area (Å²) in [7, 11) is 0. The normalized spacial score (nSPS) is 11.9. The molecule has 0 fully saturated rings. The highest BCUT2D eigenvalue weighted by Crippen LogP contribution is 2.26. The van der Waals surface area contributed by atoms with Crippen LogP contribution in [0.25, 0.3) is 0 Å². The van der Waals surface area contributed by atoms with Crippen molar-refractivity contribution in [2.24, 2.45) is 11.3 Å². The Balaban J connectivity index is 2.62. The highest BCUT2D eigenvalue weighted by atomic mass is 35.5. The molecule has 1 aromatic heterocycles. The van der Waals surface area contributed by atoms with Gasteiger partial charge in [-0.05, 0) is 11.3 Å². The molecule has 0 radical (unpaired) electrons. The first-order valence-corrected chi connectivity index (χ1v) is 5.51. The molecule has 1 aromatic rings. The fourth-order valence-electron chi connectivity index (χ4n) is 0.955. The lowest BCUT2D eigenvalue weighted by molar-refractivity contribution is 0.269. The molecule has 4 heteroatoms. The first-order chi connectivity index (χ1) is 6.93. The molecule has 0 saturated heterocycles. The monoisotopic (exact) mass is 227 g/mol. The van der Waals surface area contributed by atoms with E-state index < -0.39 is 0 Å². The number of aromatic nitrogens is 2. The quantitative estimate of drug-likeness (QED) is 0.858. The first kappa shape index (κ1) is 12.2. The van der Waals surface area contributed by atoms with E-state index in [9.17, 15) is 0 Å². The molecule has 1 N–H and O–H groups in total. The summed E-state index contributed by atoms with van der Waals surface area (Å²) in [6, 6.07) is 0. The predicted molar refractivity (Wildman–Crippen MR) is 64.2 cm³/mol. The summed E-state index contributed by atoms with van der Waals surface area (Å²) >= 11 is 5.90. The molecular formula is C11H18ClN3. The molecule has 0 amide bonds. The minimum absolute atomic E-state index is 0.209. The number of hydrogen-bond donors (Lipinski definition) is 1. The van der Waals surface area contributed by atoms with E-state index in [1.165, 1.54) is 0 Å². The Morgan fingerprint density at radius 3 is 2.47 bits per heavy atom. The van der Waals surface area contributed by atoms with Gasteiger partial charge in [-0.3, -0.25) is 0 Å². The third-order valence-electron chi connectivity index (χ3n) is 2.93. The topological polar surface area (TPSA) is 37.8 Å². The van der Waals surface area contributed by atoms with E-state index >= 15 is 0 Å². The molecule has 84 valence electrons. The van der Waals surface area contributed by atoms with Crippen molar-refractivity contribution in [2.45, 2.75) is 27.7 Å². The molecule has 3 nitrogen and oxygen atoms in total. The van der Waals surface area contributed by atoms with Gasteiger partial charge >= 0.3 is 0 Å². The Bertz CT molecular complexity index is 323. The minimum Gasteiger partial charge on any atom is -0.367 e. The molecule has 0 saturated carbocycles. The van der Waals surface area contributed by atoms with Gasteiger partial charge in [0.25, 0.3) is 0 Å². The van der Waals surface area contributed by atoms with Gasteiger partial charge in [0, 0.05) is 18.9 Å². The van der Waals surface area contributed by atoms with E-state index in [1.807, 2.05) is 0 Å². The summed E-state index contributed by atoms with van der Waals surface area (Å²) in [4.78, 5) is 8.10. The summed E-state index contributed by atoms with van der Waals surface area (Å²) in [6.07, 6.45) is 3.22. The van der Waals surface area contributed by atoms with Crippen LogP contribution in [-0.2, 0) is 0 Å². The number of anilines is 1. The van der Waals surface area contributed by atoms with Gasteiger partial charge in [-0.25, -0.2) is 9.97 Å². The molecule has 1 rings (SSSR count). The highest BCUT2D eigenvalue weighted by Gasteiger charge is 2.22. The van der Waals surface area contributed by atoms with Crippen LogP contribution in [0.15, 0.2) is 12.4 Å². The van der Waals surface area contributed by atoms with E-state index in [0.717, 1.165) is 6.54 Å². The van der Waals surface area contributed by atoms with Gasteiger partial charge in [-0.1, -0.05) is 39.3 Å². The molecule has 1 heterocycles. The number of hydrogen-bond acceptors (Lipinski definition) is 3. The molecule has 0 aliphatic rings. The molecule has 0 aliphatic carbocycles. The molecule has 0 bridgehead atoms. The summed E-state index contributed by atoms with van der Waals surface area (Å²) in [5.74, 6) is 1.26. The van der Waals surface area contributed by atoms with Crippen molar-refractivity contribution in [2.75, 3.05) is 11.9 Å². The minimum atomic E-state index is 0.209. The van der Waals surface area contributed by atoms with Crippen LogP contribution >= 0.6 is 11.6 Å². The summed E-state index contributed by atoms with van der Waals surface area (Å²) in [5.41, 5.74) is 0.209. The third-order valence-corrected chi connectivity index (χ3v) is 3.20. The van der Waals surface area contributed by atoms with Gasteiger partial charge in [-0.2, -0.15) is 0 Å². The maximum absolute atomic E-state index is 5.90. The second-order valence-corrected chi connectivity index (χ2v) is 5.05. The van der Waals surface area contributed by atoms with Crippen molar-refractivity contribution in [3.63, 3.8) is 0 Å². The van der Waals surface area contributed by atoms with Crippen molar-refractivity contribution in [3.8, 4) is 0 Å². The Hall–Kier alpha value is -0.830. The Morgan fingerprint density at radius 1 is 1.33 bits per heavy atom. The summed E-state index contributed by atoms with van der Waals surface area (Å²) in [5, 5.41) is 3.66. The van der Waals surface area contributed by atoms with Crippen LogP contribution in [0.5, 0.6) is 0 Å². The fraction of sp³-hybridized carbons (Fsp3) is 0.636. The van der Waals surface area contributed by atoms with Crippen LogP contribution < -0.4 is 5.32 Å². The average molecular weight is 228 g/mol. The van der Waals surface area contributed by atoms with E-state index in [2.05, 4.69) is 43.0 Å². The van der Waals surface area contributed by atoms with E-state index in [0.29, 0.717) is 16.9 Å². The zero-order valence-corrected chi connectivity index (χ0v) is 10.5.